The number of nitrogens with zero attached hydrogens (tertiary/aromatic N) is 2. The van der Waals surface area contributed by atoms with Gasteiger partial charge in [-0.2, -0.15) is 4.31 Å². The first-order valence-corrected chi connectivity index (χ1v) is 10.2. The predicted octanol–water partition coefficient (Wildman–Crippen LogP) is 0.467. The van der Waals surface area contributed by atoms with Crippen molar-refractivity contribution in [2.45, 2.75) is 25.3 Å². The predicted molar refractivity (Wildman–Crippen MR) is 101 cm³/mol. The van der Waals surface area contributed by atoms with Crippen molar-refractivity contribution >= 4 is 21.6 Å². The fourth-order valence-electron chi connectivity index (χ4n) is 3.14. The topological polar surface area (TPSA) is 40.6 Å². The molecular weight excluding hydrogens is 391 g/mol. The summed E-state index contributed by atoms with van der Waals surface area (Å²) in [6.45, 7) is 6.97. The first kappa shape index (κ1) is 21.2. The highest BCUT2D eigenvalue weighted by atomic mass is 35.5. The molecule has 0 amide bonds. The molecule has 0 N–H and O–H groups in total. The van der Waals surface area contributed by atoms with Crippen molar-refractivity contribution in [3.05, 3.63) is 64.2 Å². The van der Waals surface area contributed by atoms with Crippen LogP contribution in [-0.4, -0.2) is 43.8 Å². The number of halogens is 2. The number of hydrogen-bond acceptors (Lipinski definition) is 3. The summed E-state index contributed by atoms with van der Waals surface area (Å²) in [5, 5.41) is 0.601. The first-order chi connectivity index (χ1) is 11.9. The zero-order valence-electron chi connectivity index (χ0n) is 15.0. The highest BCUT2D eigenvalue weighted by molar-refractivity contribution is 7.89. The van der Waals surface area contributed by atoms with Crippen LogP contribution < -0.4 is 12.4 Å². The monoisotopic (exact) mass is 413 g/mol. The average molecular weight is 414 g/mol. The van der Waals surface area contributed by atoms with Crippen molar-refractivity contribution in [3.8, 4) is 0 Å². The molecule has 0 spiro atoms. The van der Waals surface area contributed by atoms with Gasteiger partial charge in [0, 0.05) is 37.7 Å². The highest BCUT2D eigenvalue weighted by Crippen LogP contribution is 2.27. The van der Waals surface area contributed by atoms with Crippen molar-refractivity contribution in [1.29, 1.82) is 0 Å². The van der Waals surface area contributed by atoms with Crippen molar-refractivity contribution in [1.82, 2.24) is 9.21 Å². The number of hydrogen-bond donors (Lipinski definition) is 0. The van der Waals surface area contributed by atoms with Gasteiger partial charge in [-0.1, -0.05) is 41.9 Å². The van der Waals surface area contributed by atoms with Gasteiger partial charge in [0.1, 0.15) is 0 Å². The van der Waals surface area contributed by atoms with E-state index < -0.39 is 10.0 Å². The Balaban J connectivity index is 0.00000243. The largest absolute Gasteiger partial charge is 1.00 e. The van der Waals surface area contributed by atoms with Gasteiger partial charge in [-0.05, 0) is 42.7 Å². The lowest BCUT2D eigenvalue weighted by Gasteiger charge is -2.34. The minimum atomic E-state index is -3.48. The molecular formula is C19H23Cl2N2O2S-. The Morgan fingerprint density at radius 3 is 2.19 bits per heavy atom. The van der Waals surface area contributed by atoms with Crippen molar-refractivity contribution in [2.24, 2.45) is 0 Å². The fourth-order valence-corrected chi connectivity index (χ4v) is 5.07. The highest BCUT2D eigenvalue weighted by Gasteiger charge is 2.29. The molecule has 4 nitrogen and oxygen atoms in total. The molecule has 0 atom stereocenters. The molecule has 1 heterocycles. The van der Waals surface area contributed by atoms with Crippen molar-refractivity contribution in [3.63, 3.8) is 0 Å². The second-order valence-electron chi connectivity index (χ2n) is 6.53. The third-order valence-corrected chi connectivity index (χ3v) is 7.10. The molecule has 142 valence electrons. The Bertz CT molecular complexity index is 849. The summed E-state index contributed by atoms with van der Waals surface area (Å²) in [6.07, 6.45) is 0. The van der Waals surface area contributed by atoms with E-state index in [1.165, 1.54) is 5.56 Å². The van der Waals surface area contributed by atoms with Crippen LogP contribution in [0, 0.1) is 13.8 Å². The molecule has 1 fully saturated rings. The summed E-state index contributed by atoms with van der Waals surface area (Å²) in [7, 11) is -3.48. The van der Waals surface area contributed by atoms with Gasteiger partial charge in [-0.3, -0.25) is 4.90 Å². The molecule has 2 aromatic rings. The standard InChI is InChI=1S/C19H23ClN2O2S.ClH/c1-15-13-19(16(2)12-18(15)20)25(23,24)22-10-8-21(9-11-22)14-17-6-4-3-5-7-17;/h3-7,12-13H,8-11,14H2,1-2H3;1H/p-1. The Morgan fingerprint density at radius 1 is 0.962 bits per heavy atom. The molecule has 0 aliphatic carbocycles. The zero-order chi connectivity index (χ0) is 18.0. The molecule has 0 aromatic heterocycles. The maximum absolute atomic E-state index is 13.0. The molecule has 7 heteroatoms. The Kier molecular flexibility index (Phi) is 7.11. The minimum absolute atomic E-state index is 0. The smallest absolute Gasteiger partial charge is 0.243 e. The van der Waals surface area contributed by atoms with E-state index in [-0.39, 0.29) is 12.4 Å². The van der Waals surface area contributed by atoms with Crippen LogP contribution in [0.3, 0.4) is 0 Å². The molecule has 1 aliphatic heterocycles. The molecule has 26 heavy (non-hydrogen) atoms. The maximum Gasteiger partial charge on any atom is 0.243 e. The van der Waals surface area contributed by atoms with Crippen LogP contribution in [0.2, 0.25) is 5.02 Å². The number of rotatable bonds is 4. The molecule has 1 saturated heterocycles. The zero-order valence-corrected chi connectivity index (χ0v) is 17.3. The van der Waals surface area contributed by atoms with Gasteiger partial charge in [0.2, 0.25) is 10.0 Å². The maximum atomic E-state index is 13.0. The van der Waals surface area contributed by atoms with Gasteiger partial charge < -0.3 is 12.4 Å². The van der Waals surface area contributed by atoms with Gasteiger partial charge >= 0.3 is 0 Å². The second-order valence-corrected chi connectivity index (χ2v) is 8.85. The van der Waals surface area contributed by atoms with Crippen LogP contribution in [0.25, 0.3) is 0 Å². The molecule has 0 unspecified atom stereocenters. The minimum Gasteiger partial charge on any atom is -1.00 e. The summed E-state index contributed by atoms with van der Waals surface area (Å²) >= 11 is 6.10. The van der Waals surface area contributed by atoms with E-state index >= 15 is 0 Å². The quantitative estimate of drug-likeness (QED) is 0.731. The molecule has 0 bridgehead atoms. The Labute approximate surface area is 167 Å². The molecule has 1 aliphatic rings. The van der Waals surface area contributed by atoms with E-state index in [0.717, 1.165) is 25.2 Å². The Hall–Kier alpha value is -1.11. The number of benzene rings is 2. The summed E-state index contributed by atoms with van der Waals surface area (Å²) in [4.78, 5) is 2.66. The Morgan fingerprint density at radius 2 is 1.58 bits per heavy atom. The van der Waals surface area contributed by atoms with Gasteiger partial charge in [-0.15, -0.1) is 0 Å². The first-order valence-electron chi connectivity index (χ1n) is 8.41. The number of sulfonamides is 1. The summed E-state index contributed by atoms with van der Waals surface area (Å²) in [6, 6.07) is 13.7. The van der Waals surface area contributed by atoms with E-state index in [1.807, 2.05) is 25.1 Å². The van der Waals surface area contributed by atoms with E-state index in [0.29, 0.717) is 28.6 Å². The number of piperazine rings is 1. The van der Waals surface area contributed by atoms with Crippen LogP contribution in [0.15, 0.2) is 47.4 Å². The van der Waals surface area contributed by atoms with Crippen molar-refractivity contribution < 1.29 is 20.8 Å². The van der Waals surface area contributed by atoms with E-state index in [1.54, 1.807) is 23.4 Å². The fraction of sp³-hybridized carbons (Fsp3) is 0.368. The van der Waals surface area contributed by atoms with Gasteiger partial charge in [0.05, 0.1) is 4.90 Å². The van der Waals surface area contributed by atoms with E-state index in [2.05, 4.69) is 17.0 Å². The normalized spacial score (nSPS) is 16.3. The van der Waals surface area contributed by atoms with E-state index in [9.17, 15) is 8.42 Å². The van der Waals surface area contributed by atoms with Crippen LogP contribution in [0.5, 0.6) is 0 Å². The SMILES string of the molecule is Cc1cc(S(=O)(=O)N2CCN(Cc3ccccc3)CC2)c(C)cc1Cl.[Cl-]. The molecule has 0 saturated carbocycles. The van der Waals surface area contributed by atoms with Gasteiger partial charge in [0.25, 0.3) is 0 Å². The summed E-state index contributed by atoms with van der Waals surface area (Å²) < 4.78 is 27.6. The van der Waals surface area contributed by atoms with Crippen LogP contribution >= 0.6 is 11.6 Å². The molecule has 2 aromatic carbocycles. The molecule has 3 rings (SSSR count). The summed E-state index contributed by atoms with van der Waals surface area (Å²) in [5.74, 6) is 0. The average Bonchev–Trinajstić information content (AvgIpc) is 2.59. The third kappa shape index (κ3) is 4.59. The number of aryl methyl sites for hydroxylation is 2. The lowest BCUT2D eigenvalue weighted by molar-refractivity contribution is -0.00000784. The van der Waals surface area contributed by atoms with E-state index in [4.69, 9.17) is 11.6 Å². The second kappa shape index (κ2) is 8.72. The van der Waals surface area contributed by atoms with Crippen LogP contribution in [0.4, 0.5) is 0 Å². The van der Waals surface area contributed by atoms with Gasteiger partial charge in [-0.25, -0.2) is 8.42 Å². The summed E-state index contributed by atoms with van der Waals surface area (Å²) in [5.41, 5.74) is 2.74. The van der Waals surface area contributed by atoms with Crippen molar-refractivity contribution in [2.75, 3.05) is 26.2 Å². The lowest BCUT2D eigenvalue weighted by Crippen LogP contribution is -3.00. The van der Waals surface area contributed by atoms with Crippen LogP contribution in [0.1, 0.15) is 16.7 Å². The lowest BCUT2D eigenvalue weighted by atomic mass is 10.2. The third-order valence-electron chi connectivity index (χ3n) is 4.65. The van der Waals surface area contributed by atoms with Crippen LogP contribution in [-0.2, 0) is 16.6 Å². The van der Waals surface area contributed by atoms with Gasteiger partial charge in [0.15, 0.2) is 0 Å². The molecule has 0 radical (unpaired) electrons.